The van der Waals surface area contributed by atoms with Crippen molar-refractivity contribution < 1.29 is 19.6 Å². The lowest BCUT2D eigenvalue weighted by molar-refractivity contribution is -0.385. The molecule has 0 saturated carbocycles. The highest BCUT2D eigenvalue weighted by molar-refractivity contribution is 5.75. The Hall–Kier alpha value is -2.15. The number of nitro benzene ring substituents is 1. The molecule has 0 bridgehead atoms. The van der Waals surface area contributed by atoms with Crippen molar-refractivity contribution >= 4 is 11.6 Å². The van der Waals surface area contributed by atoms with Crippen LogP contribution in [0, 0.1) is 10.1 Å². The Morgan fingerprint density at radius 3 is 2.67 bits per heavy atom. The van der Waals surface area contributed by atoms with Crippen molar-refractivity contribution in [3.63, 3.8) is 0 Å². The van der Waals surface area contributed by atoms with Crippen molar-refractivity contribution in [1.29, 1.82) is 0 Å². The van der Waals surface area contributed by atoms with Crippen LogP contribution >= 0.6 is 0 Å². The molecule has 0 aliphatic rings. The molecule has 0 unspecified atom stereocenters. The number of hydrogen-bond acceptors (Lipinski definition) is 5. The lowest BCUT2D eigenvalue weighted by Crippen LogP contribution is -2.21. The summed E-state index contributed by atoms with van der Waals surface area (Å²) >= 11 is 0. The first-order chi connectivity index (χ1) is 9.82. The highest BCUT2D eigenvalue weighted by Crippen LogP contribution is 2.29. The van der Waals surface area contributed by atoms with Gasteiger partial charge >= 0.3 is 0 Å². The Morgan fingerprint density at radius 2 is 2.14 bits per heavy atom. The smallest absolute Gasteiger partial charge is 0.270 e. The summed E-state index contributed by atoms with van der Waals surface area (Å²) in [5.74, 6) is 0.408. The van der Waals surface area contributed by atoms with Crippen molar-refractivity contribution in [2.75, 3.05) is 20.7 Å². The van der Waals surface area contributed by atoms with Gasteiger partial charge in [0.15, 0.2) is 0 Å². The Kier molecular flexibility index (Phi) is 6.10. The minimum atomic E-state index is -0.872. The van der Waals surface area contributed by atoms with E-state index in [-0.39, 0.29) is 11.6 Å². The van der Waals surface area contributed by atoms with Crippen LogP contribution in [-0.2, 0) is 4.79 Å². The van der Waals surface area contributed by atoms with Crippen LogP contribution in [0.25, 0.3) is 0 Å². The molecule has 1 N–H and O–H groups in total. The van der Waals surface area contributed by atoms with E-state index in [0.29, 0.717) is 30.8 Å². The number of ether oxygens (including phenoxy) is 1. The van der Waals surface area contributed by atoms with E-state index in [1.54, 1.807) is 14.1 Å². The molecule has 0 aliphatic carbocycles. The zero-order chi connectivity index (χ0) is 16.0. The van der Waals surface area contributed by atoms with E-state index < -0.39 is 11.0 Å². The van der Waals surface area contributed by atoms with E-state index >= 15 is 0 Å². The number of carbonyl (C=O) groups excluding carboxylic acids is 1. The third-order valence-electron chi connectivity index (χ3n) is 2.95. The molecule has 21 heavy (non-hydrogen) atoms. The summed E-state index contributed by atoms with van der Waals surface area (Å²) < 4.78 is 5.51. The van der Waals surface area contributed by atoms with Gasteiger partial charge in [-0.05, 0) is 19.4 Å². The van der Waals surface area contributed by atoms with Crippen molar-refractivity contribution in [3.05, 3.63) is 33.9 Å². The van der Waals surface area contributed by atoms with Gasteiger partial charge in [0.2, 0.25) is 5.91 Å². The monoisotopic (exact) mass is 296 g/mol. The first-order valence-electron chi connectivity index (χ1n) is 6.62. The average molecular weight is 296 g/mol. The summed E-state index contributed by atoms with van der Waals surface area (Å²) in [7, 11) is 3.37. The quantitative estimate of drug-likeness (QED) is 0.471. The highest BCUT2D eigenvalue weighted by Gasteiger charge is 2.15. The van der Waals surface area contributed by atoms with Gasteiger partial charge in [0.25, 0.3) is 5.69 Å². The zero-order valence-corrected chi connectivity index (χ0v) is 12.4. The van der Waals surface area contributed by atoms with Crippen LogP contribution < -0.4 is 4.74 Å². The molecule has 0 radical (unpaired) electrons. The number of rotatable bonds is 7. The van der Waals surface area contributed by atoms with Crippen LogP contribution in [-0.4, -0.2) is 41.5 Å². The summed E-state index contributed by atoms with van der Waals surface area (Å²) in [6, 6.07) is 4.09. The van der Waals surface area contributed by atoms with Crippen molar-refractivity contribution in [2.24, 2.45) is 0 Å². The van der Waals surface area contributed by atoms with Crippen LogP contribution in [0.3, 0.4) is 0 Å². The summed E-state index contributed by atoms with van der Waals surface area (Å²) in [5.41, 5.74) is 0.268. The normalized spacial score (nSPS) is 11.8. The Labute approximate surface area is 123 Å². The number of hydrogen-bond donors (Lipinski definition) is 1. The number of nitrogens with zero attached hydrogens (tertiary/aromatic N) is 2. The van der Waals surface area contributed by atoms with Crippen LogP contribution in [0.2, 0.25) is 0 Å². The molecule has 7 heteroatoms. The molecule has 116 valence electrons. The maximum atomic E-state index is 11.4. The first kappa shape index (κ1) is 16.9. The van der Waals surface area contributed by atoms with E-state index in [0.717, 1.165) is 0 Å². The lowest BCUT2D eigenvalue weighted by atomic mass is 10.1. The second kappa shape index (κ2) is 7.58. The molecule has 0 spiro atoms. The summed E-state index contributed by atoms with van der Waals surface area (Å²) in [6.45, 7) is 1.82. The molecule has 0 saturated heterocycles. The van der Waals surface area contributed by atoms with Crippen LogP contribution in [0.5, 0.6) is 5.75 Å². The third kappa shape index (κ3) is 5.03. The second-order valence-electron chi connectivity index (χ2n) is 4.90. The highest BCUT2D eigenvalue weighted by atomic mass is 16.6. The van der Waals surface area contributed by atoms with E-state index in [9.17, 15) is 20.0 Å². The van der Waals surface area contributed by atoms with E-state index in [2.05, 4.69) is 0 Å². The average Bonchev–Trinajstić information content (AvgIpc) is 2.42. The fraction of sp³-hybridized carbons (Fsp3) is 0.500. The SMILES string of the molecule is C[C@@H](O)c1cc([N+](=O)[O-])ccc1OCCCC(=O)N(C)C. The minimum absolute atomic E-state index is 0.0121. The molecule has 0 fully saturated rings. The maximum absolute atomic E-state index is 11.4. The molecule has 0 aromatic heterocycles. The van der Waals surface area contributed by atoms with Crippen molar-refractivity contribution in [1.82, 2.24) is 4.90 Å². The van der Waals surface area contributed by atoms with Crippen LogP contribution in [0.1, 0.15) is 31.4 Å². The van der Waals surface area contributed by atoms with Gasteiger partial charge in [0.05, 0.1) is 17.6 Å². The Bertz CT molecular complexity index is 514. The largest absolute Gasteiger partial charge is 0.493 e. The Morgan fingerprint density at radius 1 is 1.48 bits per heavy atom. The second-order valence-corrected chi connectivity index (χ2v) is 4.90. The number of aliphatic hydroxyl groups is 1. The van der Waals surface area contributed by atoms with Gasteiger partial charge in [0, 0.05) is 38.2 Å². The predicted octanol–water partition coefficient (Wildman–Crippen LogP) is 1.90. The molecule has 1 aromatic carbocycles. The maximum Gasteiger partial charge on any atom is 0.270 e. The number of benzene rings is 1. The van der Waals surface area contributed by atoms with Crippen molar-refractivity contribution in [3.8, 4) is 5.75 Å². The fourth-order valence-corrected chi connectivity index (χ4v) is 1.74. The fourth-order valence-electron chi connectivity index (χ4n) is 1.74. The molecule has 7 nitrogen and oxygen atoms in total. The van der Waals surface area contributed by atoms with Gasteiger partial charge in [0.1, 0.15) is 5.75 Å². The summed E-state index contributed by atoms with van der Waals surface area (Å²) in [4.78, 5) is 23.1. The number of aliphatic hydroxyl groups excluding tert-OH is 1. The zero-order valence-electron chi connectivity index (χ0n) is 12.4. The lowest BCUT2D eigenvalue weighted by Gasteiger charge is -2.14. The van der Waals surface area contributed by atoms with Crippen LogP contribution in [0.15, 0.2) is 18.2 Å². The number of amides is 1. The van der Waals surface area contributed by atoms with Gasteiger partial charge in [-0.1, -0.05) is 0 Å². The standard InChI is InChI=1S/C14H20N2O5/c1-10(17)12-9-11(16(19)20)6-7-13(12)21-8-4-5-14(18)15(2)3/h6-7,9-10,17H,4-5,8H2,1-3H3/t10-/m1/s1. The topological polar surface area (TPSA) is 92.9 Å². The molecule has 0 heterocycles. The molecular formula is C14H20N2O5. The summed E-state index contributed by atoms with van der Waals surface area (Å²) in [5, 5.41) is 20.4. The van der Waals surface area contributed by atoms with E-state index in [4.69, 9.17) is 4.74 Å². The van der Waals surface area contributed by atoms with E-state index in [1.807, 2.05) is 0 Å². The Balaban J connectivity index is 2.66. The number of nitro groups is 1. The predicted molar refractivity (Wildman–Crippen MR) is 77.2 cm³/mol. The van der Waals surface area contributed by atoms with Gasteiger partial charge in [-0.3, -0.25) is 14.9 Å². The molecule has 0 aliphatic heterocycles. The van der Waals surface area contributed by atoms with Crippen LogP contribution in [0.4, 0.5) is 5.69 Å². The summed E-state index contributed by atoms with van der Waals surface area (Å²) in [6.07, 6.45) is 0.0281. The molecule has 1 amide bonds. The molecular weight excluding hydrogens is 276 g/mol. The van der Waals surface area contributed by atoms with Gasteiger partial charge in [-0.15, -0.1) is 0 Å². The van der Waals surface area contributed by atoms with E-state index in [1.165, 1.54) is 30.0 Å². The molecule has 1 rings (SSSR count). The number of non-ortho nitro benzene ring substituents is 1. The van der Waals surface area contributed by atoms with Crippen molar-refractivity contribution in [2.45, 2.75) is 25.9 Å². The van der Waals surface area contributed by atoms with Gasteiger partial charge in [-0.2, -0.15) is 0 Å². The minimum Gasteiger partial charge on any atom is -0.493 e. The first-order valence-corrected chi connectivity index (χ1v) is 6.62. The third-order valence-corrected chi connectivity index (χ3v) is 2.95. The molecule has 1 aromatic rings. The van der Waals surface area contributed by atoms with Gasteiger partial charge < -0.3 is 14.7 Å². The molecule has 1 atom stereocenters. The van der Waals surface area contributed by atoms with Gasteiger partial charge in [-0.25, -0.2) is 0 Å². The number of carbonyl (C=O) groups is 1.